The number of rotatable bonds is 4. The molecule has 0 spiro atoms. The molecule has 1 atom stereocenters. The Kier molecular flexibility index (Phi) is 3.73. The van der Waals surface area contributed by atoms with Crippen LogP contribution in [0.25, 0.3) is 0 Å². The van der Waals surface area contributed by atoms with E-state index in [1.165, 1.54) is 0 Å². The van der Waals surface area contributed by atoms with E-state index in [1.54, 1.807) is 12.3 Å². The Morgan fingerprint density at radius 1 is 1.24 bits per heavy atom. The quantitative estimate of drug-likeness (QED) is 0.875. The van der Waals surface area contributed by atoms with Crippen LogP contribution in [0.4, 0.5) is 0 Å². The van der Waals surface area contributed by atoms with Gasteiger partial charge in [-0.2, -0.15) is 0 Å². The molecule has 0 aliphatic rings. The molecule has 0 aliphatic heterocycles. The van der Waals surface area contributed by atoms with Crippen molar-refractivity contribution >= 4 is 0 Å². The van der Waals surface area contributed by atoms with Crippen LogP contribution in [0, 0.1) is 6.92 Å². The fourth-order valence-electron chi connectivity index (χ4n) is 1.54. The number of pyridine rings is 1. The second-order valence-corrected chi connectivity index (χ2v) is 3.90. The van der Waals surface area contributed by atoms with Crippen LogP contribution in [0.5, 0.6) is 5.75 Å². The Labute approximate surface area is 101 Å². The largest absolute Gasteiger partial charge is 0.490 e. The minimum absolute atomic E-state index is 0.209. The minimum Gasteiger partial charge on any atom is -0.490 e. The average Bonchev–Trinajstić information content (AvgIpc) is 2.37. The number of nitrogens with zero attached hydrogens (tertiary/aromatic N) is 1. The van der Waals surface area contributed by atoms with E-state index >= 15 is 0 Å². The van der Waals surface area contributed by atoms with Crippen molar-refractivity contribution in [3.8, 4) is 5.75 Å². The molecule has 0 amide bonds. The third-order valence-electron chi connectivity index (χ3n) is 2.43. The first-order valence-corrected chi connectivity index (χ1v) is 5.54. The zero-order chi connectivity index (χ0) is 12.1. The topological polar surface area (TPSA) is 42.4 Å². The van der Waals surface area contributed by atoms with Crippen molar-refractivity contribution in [2.24, 2.45) is 0 Å². The lowest BCUT2D eigenvalue weighted by molar-refractivity contribution is 0.104. The van der Waals surface area contributed by atoms with Crippen molar-refractivity contribution in [2.75, 3.05) is 6.61 Å². The van der Waals surface area contributed by atoms with E-state index < -0.39 is 6.10 Å². The predicted octanol–water partition coefficient (Wildman–Crippen LogP) is 2.50. The Morgan fingerprint density at radius 3 is 2.82 bits per heavy atom. The lowest BCUT2D eigenvalue weighted by Crippen LogP contribution is -2.10. The predicted molar refractivity (Wildman–Crippen MR) is 65.9 cm³/mol. The molecular formula is C14H15NO2. The summed E-state index contributed by atoms with van der Waals surface area (Å²) < 4.78 is 5.51. The summed E-state index contributed by atoms with van der Waals surface area (Å²) in [7, 11) is 0. The molecular weight excluding hydrogens is 214 g/mol. The summed E-state index contributed by atoms with van der Waals surface area (Å²) >= 11 is 0. The van der Waals surface area contributed by atoms with Gasteiger partial charge in [0.25, 0.3) is 0 Å². The summed E-state index contributed by atoms with van der Waals surface area (Å²) in [6.07, 6.45) is 0.960. The smallest absolute Gasteiger partial charge is 0.130 e. The molecule has 0 unspecified atom stereocenters. The van der Waals surface area contributed by atoms with Crippen LogP contribution in [-0.2, 0) is 0 Å². The number of benzene rings is 1. The highest BCUT2D eigenvalue weighted by Gasteiger charge is 2.08. The second kappa shape index (κ2) is 5.46. The van der Waals surface area contributed by atoms with Gasteiger partial charge >= 0.3 is 0 Å². The molecule has 0 aliphatic carbocycles. The van der Waals surface area contributed by atoms with Crippen LogP contribution in [0.2, 0.25) is 0 Å². The Morgan fingerprint density at radius 2 is 2.12 bits per heavy atom. The van der Waals surface area contributed by atoms with E-state index in [0.29, 0.717) is 5.69 Å². The van der Waals surface area contributed by atoms with Crippen LogP contribution in [0.3, 0.4) is 0 Å². The van der Waals surface area contributed by atoms with Gasteiger partial charge in [0.2, 0.25) is 0 Å². The highest BCUT2D eigenvalue weighted by molar-refractivity contribution is 5.27. The van der Waals surface area contributed by atoms with Gasteiger partial charge in [-0.1, -0.05) is 18.2 Å². The first kappa shape index (κ1) is 11.6. The third kappa shape index (κ3) is 3.29. The van der Waals surface area contributed by atoms with Gasteiger partial charge in [-0.05, 0) is 36.8 Å². The molecule has 0 radical (unpaired) electrons. The Balaban J connectivity index is 1.95. The number of ether oxygens (including phenoxy) is 1. The van der Waals surface area contributed by atoms with Crippen molar-refractivity contribution in [3.05, 3.63) is 59.9 Å². The fourth-order valence-corrected chi connectivity index (χ4v) is 1.54. The lowest BCUT2D eigenvalue weighted by atomic mass is 10.2. The van der Waals surface area contributed by atoms with Gasteiger partial charge < -0.3 is 9.84 Å². The molecule has 3 nitrogen and oxygen atoms in total. The van der Waals surface area contributed by atoms with Gasteiger partial charge in [0, 0.05) is 6.20 Å². The number of aryl methyl sites for hydroxylation is 1. The number of aromatic nitrogens is 1. The zero-order valence-electron chi connectivity index (χ0n) is 9.71. The zero-order valence-corrected chi connectivity index (χ0v) is 9.71. The van der Waals surface area contributed by atoms with Crippen LogP contribution < -0.4 is 4.74 Å². The first-order valence-electron chi connectivity index (χ1n) is 5.54. The first-order chi connectivity index (χ1) is 8.25. The highest BCUT2D eigenvalue weighted by Crippen LogP contribution is 2.15. The molecule has 3 heteroatoms. The van der Waals surface area contributed by atoms with Gasteiger partial charge in [0.05, 0.1) is 5.69 Å². The maximum Gasteiger partial charge on any atom is 0.130 e. The van der Waals surface area contributed by atoms with Gasteiger partial charge in [0.15, 0.2) is 0 Å². The maximum absolute atomic E-state index is 9.86. The van der Waals surface area contributed by atoms with Crippen LogP contribution in [-0.4, -0.2) is 16.7 Å². The van der Waals surface area contributed by atoms with E-state index in [0.717, 1.165) is 11.3 Å². The molecule has 0 saturated carbocycles. The minimum atomic E-state index is -0.697. The number of aliphatic hydroxyl groups is 1. The number of aliphatic hydroxyl groups excluding tert-OH is 1. The van der Waals surface area contributed by atoms with Crippen LogP contribution >= 0.6 is 0 Å². The number of hydrogen-bond donors (Lipinski definition) is 1. The summed E-state index contributed by atoms with van der Waals surface area (Å²) in [5, 5.41) is 9.86. The molecule has 2 aromatic rings. The summed E-state index contributed by atoms with van der Waals surface area (Å²) in [6, 6.07) is 13.2. The summed E-state index contributed by atoms with van der Waals surface area (Å²) in [5.74, 6) is 0.764. The Bertz CT molecular complexity index is 471. The van der Waals surface area contributed by atoms with E-state index in [-0.39, 0.29) is 6.61 Å². The molecule has 1 aromatic heterocycles. The maximum atomic E-state index is 9.86. The van der Waals surface area contributed by atoms with E-state index in [2.05, 4.69) is 4.98 Å². The van der Waals surface area contributed by atoms with Gasteiger partial charge in [0.1, 0.15) is 18.5 Å². The van der Waals surface area contributed by atoms with Crippen molar-refractivity contribution in [1.82, 2.24) is 4.98 Å². The summed E-state index contributed by atoms with van der Waals surface area (Å²) in [4.78, 5) is 4.08. The molecule has 0 fully saturated rings. The van der Waals surface area contributed by atoms with Crippen molar-refractivity contribution in [2.45, 2.75) is 13.0 Å². The Hall–Kier alpha value is -1.87. The normalized spacial score (nSPS) is 12.1. The summed E-state index contributed by atoms with van der Waals surface area (Å²) in [6.45, 7) is 2.21. The second-order valence-electron chi connectivity index (χ2n) is 3.90. The van der Waals surface area contributed by atoms with E-state index in [1.807, 2.05) is 43.3 Å². The van der Waals surface area contributed by atoms with Crippen molar-refractivity contribution in [3.63, 3.8) is 0 Å². The lowest BCUT2D eigenvalue weighted by Gasteiger charge is -2.12. The van der Waals surface area contributed by atoms with E-state index in [9.17, 15) is 5.11 Å². The highest BCUT2D eigenvalue weighted by atomic mass is 16.5. The van der Waals surface area contributed by atoms with Gasteiger partial charge in [-0.3, -0.25) is 4.98 Å². The molecule has 1 aromatic carbocycles. The SMILES string of the molecule is Cc1cccc(OC[C@@H](O)c2ccccn2)c1. The number of hydrogen-bond acceptors (Lipinski definition) is 3. The molecule has 0 saturated heterocycles. The molecule has 0 bridgehead atoms. The third-order valence-corrected chi connectivity index (χ3v) is 2.43. The molecule has 2 rings (SSSR count). The van der Waals surface area contributed by atoms with Crippen LogP contribution in [0.15, 0.2) is 48.7 Å². The van der Waals surface area contributed by atoms with Gasteiger partial charge in [-0.15, -0.1) is 0 Å². The standard InChI is InChI=1S/C14H15NO2/c1-11-5-4-6-12(9-11)17-10-14(16)13-7-2-3-8-15-13/h2-9,14,16H,10H2,1H3/t14-/m1/s1. The molecule has 88 valence electrons. The van der Waals surface area contributed by atoms with E-state index in [4.69, 9.17) is 4.74 Å². The molecule has 1 heterocycles. The summed E-state index contributed by atoms with van der Waals surface area (Å²) in [5.41, 5.74) is 1.76. The van der Waals surface area contributed by atoms with Gasteiger partial charge in [-0.25, -0.2) is 0 Å². The molecule has 17 heavy (non-hydrogen) atoms. The van der Waals surface area contributed by atoms with Crippen molar-refractivity contribution < 1.29 is 9.84 Å². The fraction of sp³-hybridized carbons (Fsp3) is 0.214. The average molecular weight is 229 g/mol. The molecule has 1 N–H and O–H groups in total. The van der Waals surface area contributed by atoms with Crippen LogP contribution in [0.1, 0.15) is 17.4 Å². The van der Waals surface area contributed by atoms with Crippen molar-refractivity contribution in [1.29, 1.82) is 0 Å². The monoisotopic (exact) mass is 229 g/mol.